The number of rotatable bonds is 7. The second-order valence-electron chi connectivity index (χ2n) is 10.7. The van der Waals surface area contributed by atoms with E-state index in [1.807, 2.05) is 18.2 Å². The number of nitrogens with two attached hydrogens (primary N) is 1. The third-order valence-electron chi connectivity index (χ3n) is 7.77. The van der Waals surface area contributed by atoms with Crippen LogP contribution in [-0.2, 0) is 21.9 Å². The molecule has 2 aromatic carbocycles. The van der Waals surface area contributed by atoms with Crippen molar-refractivity contribution in [3.05, 3.63) is 89.2 Å². The standard InChI is InChI=1S/C30H38N3O3P/c1-7-32-25-16-14-21(20-31)18-23(25)29(3,4)27(32)12-10-9-11-13-28-30(5,6)24-19-22(37(34,35)36)15-17-26(24)33(28)8-2/h9-19H,7-8,20,31H2,1-6H3,(H-,34,35,36)/p+1. The molecule has 0 saturated carbocycles. The molecule has 6 nitrogen and oxygen atoms in total. The maximum atomic E-state index is 11.9. The number of likely N-dealkylation sites (N-methyl/N-ethyl adjacent to an activating group) is 1. The van der Waals surface area contributed by atoms with Gasteiger partial charge >= 0.3 is 7.60 Å². The summed E-state index contributed by atoms with van der Waals surface area (Å²) < 4.78 is 14.2. The minimum atomic E-state index is -4.31. The molecule has 0 fully saturated rings. The van der Waals surface area contributed by atoms with Gasteiger partial charge in [-0.3, -0.25) is 4.57 Å². The van der Waals surface area contributed by atoms with Crippen LogP contribution in [0.5, 0.6) is 0 Å². The van der Waals surface area contributed by atoms with E-state index >= 15 is 0 Å². The molecule has 7 heteroatoms. The molecule has 0 amide bonds. The van der Waals surface area contributed by atoms with Crippen molar-refractivity contribution in [2.45, 2.75) is 58.9 Å². The van der Waals surface area contributed by atoms with Crippen molar-refractivity contribution >= 4 is 30.0 Å². The van der Waals surface area contributed by atoms with Gasteiger partial charge in [0.25, 0.3) is 0 Å². The minimum absolute atomic E-state index is 0.0614. The number of allylic oxidation sites excluding steroid dienone is 6. The van der Waals surface area contributed by atoms with E-state index in [1.165, 1.54) is 23.0 Å². The molecule has 2 aliphatic rings. The third-order valence-corrected chi connectivity index (χ3v) is 8.72. The Morgan fingerprint density at radius 3 is 2.32 bits per heavy atom. The fourth-order valence-corrected chi connectivity index (χ4v) is 6.30. The van der Waals surface area contributed by atoms with Crippen LogP contribution < -0.4 is 15.9 Å². The van der Waals surface area contributed by atoms with Crippen LogP contribution in [0.1, 0.15) is 58.2 Å². The van der Waals surface area contributed by atoms with Gasteiger partial charge in [-0.1, -0.05) is 38.1 Å². The Bertz CT molecular complexity index is 1390. The minimum Gasteiger partial charge on any atom is -0.344 e. The van der Waals surface area contributed by atoms with Gasteiger partial charge in [-0.25, -0.2) is 0 Å². The van der Waals surface area contributed by atoms with E-state index in [0.29, 0.717) is 6.54 Å². The highest BCUT2D eigenvalue weighted by atomic mass is 31.2. The van der Waals surface area contributed by atoms with Crippen LogP contribution in [0.4, 0.5) is 11.4 Å². The van der Waals surface area contributed by atoms with Crippen molar-refractivity contribution in [2.24, 2.45) is 5.73 Å². The summed E-state index contributed by atoms with van der Waals surface area (Å²) in [4.78, 5) is 21.6. The summed E-state index contributed by atoms with van der Waals surface area (Å²) >= 11 is 0. The van der Waals surface area contributed by atoms with Gasteiger partial charge in [-0.05, 0) is 69.2 Å². The topological polar surface area (TPSA) is 89.8 Å². The van der Waals surface area contributed by atoms with Crippen molar-refractivity contribution in [3.63, 3.8) is 0 Å². The molecule has 0 aliphatic carbocycles. The maximum absolute atomic E-state index is 11.9. The highest BCUT2D eigenvalue weighted by Crippen LogP contribution is 2.48. The number of hydrogen-bond acceptors (Lipinski definition) is 3. The largest absolute Gasteiger partial charge is 0.356 e. The highest BCUT2D eigenvalue weighted by Gasteiger charge is 2.44. The SMILES string of the molecule is CCN1\C(=C/C=C/C=C/C2=[N+](CC)c3ccc(CN)cc3C2(C)C)C(C)(C)c2cc(P(=O)(O)O)ccc21. The Balaban J connectivity index is 1.63. The summed E-state index contributed by atoms with van der Waals surface area (Å²) in [6, 6.07) is 11.5. The first-order valence-corrected chi connectivity index (χ1v) is 14.5. The van der Waals surface area contributed by atoms with Gasteiger partial charge in [0.2, 0.25) is 5.69 Å². The molecule has 4 N–H and O–H groups in total. The Labute approximate surface area is 220 Å². The lowest BCUT2D eigenvalue weighted by molar-refractivity contribution is -0.433. The molecular weight excluding hydrogens is 481 g/mol. The molecule has 0 radical (unpaired) electrons. The molecule has 0 atom stereocenters. The summed E-state index contributed by atoms with van der Waals surface area (Å²) in [6.07, 6.45) is 10.5. The van der Waals surface area contributed by atoms with E-state index in [0.717, 1.165) is 35.6 Å². The lowest BCUT2D eigenvalue weighted by atomic mass is 9.81. The molecule has 37 heavy (non-hydrogen) atoms. The molecule has 196 valence electrons. The van der Waals surface area contributed by atoms with Gasteiger partial charge in [0, 0.05) is 47.6 Å². The fourth-order valence-electron chi connectivity index (χ4n) is 5.73. The van der Waals surface area contributed by atoms with Crippen molar-refractivity contribution in [3.8, 4) is 0 Å². The summed E-state index contributed by atoms with van der Waals surface area (Å²) in [5.41, 5.74) is 13.4. The number of benzene rings is 2. The van der Waals surface area contributed by atoms with Gasteiger partial charge in [0.15, 0.2) is 5.71 Å². The van der Waals surface area contributed by atoms with E-state index in [4.69, 9.17) is 5.73 Å². The Hall–Kier alpha value is -2.76. The van der Waals surface area contributed by atoms with E-state index in [-0.39, 0.29) is 16.1 Å². The van der Waals surface area contributed by atoms with Crippen molar-refractivity contribution in [1.82, 2.24) is 0 Å². The normalized spacial score (nSPS) is 19.5. The smallest absolute Gasteiger partial charge is 0.344 e. The second kappa shape index (κ2) is 9.85. The van der Waals surface area contributed by atoms with Crippen molar-refractivity contribution < 1.29 is 18.9 Å². The van der Waals surface area contributed by atoms with Crippen LogP contribution in [0.2, 0.25) is 0 Å². The van der Waals surface area contributed by atoms with E-state index in [2.05, 4.69) is 87.4 Å². The van der Waals surface area contributed by atoms with E-state index in [1.54, 1.807) is 6.07 Å². The summed E-state index contributed by atoms with van der Waals surface area (Å²) in [5.74, 6) is 0. The summed E-state index contributed by atoms with van der Waals surface area (Å²) in [6.45, 7) is 15.2. The Kier molecular flexibility index (Phi) is 7.26. The number of nitrogens with zero attached hydrogens (tertiary/aromatic N) is 2. The molecule has 0 unspecified atom stereocenters. The van der Waals surface area contributed by atoms with Crippen molar-refractivity contribution in [2.75, 3.05) is 18.0 Å². The first kappa shape index (κ1) is 27.3. The van der Waals surface area contributed by atoms with Crippen LogP contribution in [-0.4, -0.2) is 33.2 Å². The number of anilines is 1. The molecule has 4 rings (SSSR count). The molecule has 2 heterocycles. The molecule has 0 spiro atoms. The number of fused-ring (bicyclic) bond motifs is 2. The van der Waals surface area contributed by atoms with E-state index in [9.17, 15) is 14.4 Å². The lowest BCUT2D eigenvalue weighted by Gasteiger charge is -2.25. The molecule has 0 saturated heterocycles. The molecule has 2 aliphatic heterocycles. The van der Waals surface area contributed by atoms with Gasteiger partial charge in [-0.2, -0.15) is 4.58 Å². The van der Waals surface area contributed by atoms with Crippen LogP contribution in [0, 0.1) is 0 Å². The lowest BCUT2D eigenvalue weighted by Crippen LogP contribution is -2.27. The average molecular weight is 521 g/mol. The zero-order valence-corrected chi connectivity index (χ0v) is 23.6. The second-order valence-corrected chi connectivity index (χ2v) is 12.3. The molecule has 0 bridgehead atoms. The predicted octanol–water partition coefficient (Wildman–Crippen LogP) is 5.16. The fraction of sp³-hybridized carbons (Fsp3) is 0.367. The van der Waals surface area contributed by atoms with Crippen LogP contribution in [0.15, 0.2) is 72.5 Å². The third kappa shape index (κ3) is 4.68. The van der Waals surface area contributed by atoms with Gasteiger partial charge in [0.1, 0.15) is 6.54 Å². The average Bonchev–Trinajstić information content (AvgIpc) is 3.20. The van der Waals surface area contributed by atoms with Crippen LogP contribution in [0.25, 0.3) is 0 Å². The monoisotopic (exact) mass is 520 g/mol. The maximum Gasteiger partial charge on any atom is 0.356 e. The highest BCUT2D eigenvalue weighted by molar-refractivity contribution is 7.60. The summed E-state index contributed by atoms with van der Waals surface area (Å²) in [7, 11) is -4.31. The summed E-state index contributed by atoms with van der Waals surface area (Å²) in [5, 5.41) is 0.0614. The zero-order chi connectivity index (χ0) is 27.2. The molecule has 0 aromatic heterocycles. The Morgan fingerprint density at radius 2 is 1.70 bits per heavy atom. The Morgan fingerprint density at radius 1 is 0.973 bits per heavy atom. The quantitative estimate of drug-likeness (QED) is 0.267. The van der Waals surface area contributed by atoms with Crippen LogP contribution >= 0.6 is 7.60 Å². The zero-order valence-electron chi connectivity index (χ0n) is 22.7. The van der Waals surface area contributed by atoms with Gasteiger partial charge in [-0.15, -0.1) is 0 Å². The van der Waals surface area contributed by atoms with Crippen LogP contribution in [0.3, 0.4) is 0 Å². The van der Waals surface area contributed by atoms with Crippen molar-refractivity contribution in [1.29, 1.82) is 0 Å². The molecule has 2 aromatic rings. The first-order valence-electron chi connectivity index (χ1n) is 12.9. The van der Waals surface area contributed by atoms with Gasteiger partial charge < -0.3 is 20.4 Å². The number of hydrogen-bond donors (Lipinski definition) is 3. The molecular formula is C30H39N3O3P+. The van der Waals surface area contributed by atoms with E-state index < -0.39 is 7.60 Å². The van der Waals surface area contributed by atoms with Gasteiger partial charge in [0.05, 0.1) is 10.7 Å². The first-order chi connectivity index (χ1) is 17.4. The predicted molar refractivity (Wildman–Crippen MR) is 153 cm³/mol.